The van der Waals surface area contributed by atoms with Crippen LogP contribution in [0.1, 0.15) is 45.2 Å². The predicted octanol–water partition coefficient (Wildman–Crippen LogP) is 1.30. The van der Waals surface area contributed by atoms with Crippen molar-refractivity contribution in [2.45, 2.75) is 45.6 Å². The van der Waals surface area contributed by atoms with Crippen LogP contribution in [-0.4, -0.2) is 32.4 Å². The van der Waals surface area contributed by atoms with Crippen molar-refractivity contribution in [3.05, 3.63) is 28.3 Å². The van der Waals surface area contributed by atoms with Gasteiger partial charge in [-0.2, -0.15) is 14.7 Å². The highest BCUT2D eigenvalue weighted by molar-refractivity contribution is 5.35. The van der Waals surface area contributed by atoms with E-state index in [2.05, 4.69) is 41.4 Å². The average molecular weight is 263 g/mol. The topological polar surface area (TPSA) is 75.1 Å². The number of fused-ring (bicyclic) bond motifs is 1. The molecular weight excluding hydrogens is 242 g/mol. The lowest BCUT2D eigenvalue weighted by atomic mass is 9.96. The van der Waals surface area contributed by atoms with Gasteiger partial charge in [0, 0.05) is 12.0 Å². The first-order valence-corrected chi connectivity index (χ1v) is 6.85. The van der Waals surface area contributed by atoms with Gasteiger partial charge in [-0.05, 0) is 31.5 Å². The lowest BCUT2D eigenvalue weighted by molar-refractivity contribution is 0.429. The first kappa shape index (κ1) is 13.7. The molecular formula is C13H21N5O. The molecule has 104 valence electrons. The monoisotopic (exact) mass is 263 g/mol. The minimum absolute atomic E-state index is 0.253. The molecule has 2 N–H and O–H groups in total. The largest absolute Gasteiger partial charge is 0.364 e. The summed E-state index contributed by atoms with van der Waals surface area (Å²) in [5.74, 6) is 0.253. The predicted molar refractivity (Wildman–Crippen MR) is 74.4 cm³/mol. The Labute approximate surface area is 112 Å². The van der Waals surface area contributed by atoms with E-state index >= 15 is 0 Å². The Morgan fingerprint density at radius 1 is 1.42 bits per heavy atom. The van der Waals surface area contributed by atoms with Crippen molar-refractivity contribution in [2.75, 3.05) is 6.54 Å². The third kappa shape index (κ3) is 2.84. The second kappa shape index (κ2) is 5.97. The van der Waals surface area contributed by atoms with E-state index in [0.29, 0.717) is 11.7 Å². The van der Waals surface area contributed by atoms with Crippen molar-refractivity contribution in [2.24, 2.45) is 0 Å². The summed E-state index contributed by atoms with van der Waals surface area (Å²) in [5.41, 5.74) is 1.17. The van der Waals surface area contributed by atoms with E-state index in [1.165, 1.54) is 4.52 Å². The van der Waals surface area contributed by atoms with Crippen molar-refractivity contribution in [3.8, 4) is 0 Å². The number of aromatic nitrogens is 4. The number of rotatable bonds is 6. The Morgan fingerprint density at radius 2 is 2.21 bits per heavy atom. The molecule has 0 fully saturated rings. The van der Waals surface area contributed by atoms with Crippen LogP contribution < -0.4 is 11.0 Å². The van der Waals surface area contributed by atoms with E-state index in [0.717, 1.165) is 25.1 Å². The molecule has 0 radical (unpaired) electrons. The van der Waals surface area contributed by atoms with Crippen molar-refractivity contribution in [1.29, 1.82) is 0 Å². The van der Waals surface area contributed by atoms with E-state index in [9.17, 15) is 4.79 Å². The zero-order valence-electron chi connectivity index (χ0n) is 11.7. The molecule has 0 saturated heterocycles. The van der Waals surface area contributed by atoms with Gasteiger partial charge in [0.15, 0.2) is 5.65 Å². The maximum absolute atomic E-state index is 11.5. The standard InChI is InChI=1S/C13H21N5O/c1-4-8-14-10(5-2)9(3)11-6-7-12-15-16-13(19)18(12)17-11/h6-7,9-10,14H,4-5,8H2,1-3H3,(H,16,19). The van der Waals surface area contributed by atoms with Crippen LogP contribution in [0.25, 0.3) is 5.65 Å². The Morgan fingerprint density at radius 3 is 2.89 bits per heavy atom. The van der Waals surface area contributed by atoms with Crippen molar-refractivity contribution >= 4 is 5.65 Å². The smallest absolute Gasteiger partial charge is 0.313 e. The molecule has 2 unspecified atom stereocenters. The van der Waals surface area contributed by atoms with Gasteiger partial charge >= 0.3 is 5.69 Å². The van der Waals surface area contributed by atoms with Gasteiger partial charge in [0.2, 0.25) is 0 Å². The van der Waals surface area contributed by atoms with Crippen LogP contribution in [-0.2, 0) is 0 Å². The van der Waals surface area contributed by atoms with Gasteiger partial charge in [0.1, 0.15) is 0 Å². The lowest BCUT2D eigenvalue weighted by Crippen LogP contribution is -2.34. The SMILES string of the molecule is CCCNC(CC)C(C)c1ccc2n[nH]c(=O)n2n1. The van der Waals surface area contributed by atoms with Gasteiger partial charge in [0.25, 0.3) is 0 Å². The summed E-state index contributed by atoms with van der Waals surface area (Å²) >= 11 is 0. The van der Waals surface area contributed by atoms with Crippen LogP contribution >= 0.6 is 0 Å². The quantitative estimate of drug-likeness (QED) is 0.823. The molecule has 2 rings (SSSR count). The molecule has 0 aliphatic heterocycles. The van der Waals surface area contributed by atoms with E-state index in [1.54, 1.807) is 0 Å². The van der Waals surface area contributed by atoms with Gasteiger partial charge < -0.3 is 5.32 Å². The van der Waals surface area contributed by atoms with Crippen LogP contribution in [0.4, 0.5) is 0 Å². The molecule has 2 aromatic heterocycles. The van der Waals surface area contributed by atoms with Crippen LogP contribution in [0.3, 0.4) is 0 Å². The van der Waals surface area contributed by atoms with Gasteiger partial charge in [-0.3, -0.25) is 0 Å². The minimum atomic E-state index is -0.293. The third-order valence-corrected chi connectivity index (χ3v) is 3.46. The van der Waals surface area contributed by atoms with Crippen molar-refractivity contribution in [1.82, 2.24) is 25.1 Å². The molecule has 0 aromatic carbocycles. The summed E-state index contributed by atoms with van der Waals surface area (Å²) in [6.07, 6.45) is 2.14. The number of hydrogen-bond donors (Lipinski definition) is 2. The Bertz CT molecular complexity index is 588. The average Bonchev–Trinajstić information content (AvgIpc) is 2.80. The fraction of sp³-hybridized carbons (Fsp3) is 0.615. The fourth-order valence-corrected chi connectivity index (χ4v) is 2.27. The summed E-state index contributed by atoms with van der Waals surface area (Å²) in [7, 11) is 0. The van der Waals surface area contributed by atoms with Crippen LogP contribution in [0.15, 0.2) is 16.9 Å². The Hall–Kier alpha value is -1.69. The number of nitrogens with one attached hydrogen (secondary N) is 2. The van der Waals surface area contributed by atoms with E-state index in [4.69, 9.17) is 0 Å². The summed E-state index contributed by atoms with van der Waals surface area (Å²) in [6, 6.07) is 4.13. The van der Waals surface area contributed by atoms with Gasteiger partial charge in [-0.25, -0.2) is 9.89 Å². The molecule has 2 heterocycles. The van der Waals surface area contributed by atoms with Crippen molar-refractivity contribution < 1.29 is 0 Å². The molecule has 0 saturated carbocycles. The van der Waals surface area contributed by atoms with E-state index in [1.807, 2.05) is 12.1 Å². The van der Waals surface area contributed by atoms with E-state index < -0.39 is 0 Å². The van der Waals surface area contributed by atoms with Crippen LogP contribution in [0, 0.1) is 0 Å². The second-order valence-corrected chi connectivity index (χ2v) is 4.81. The number of H-pyrrole nitrogens is 1. The molecule has 0 aliphatic rings. The van der Waals surface area contributed by atoms with Crippen LogP contribution in [0.5, 0.6) is 0 Å². The molecule has 19 heavy (non-hydrogen) atoms. The molecule has 6 heteroatoms. The molecule has 0 amide bonds. The molecule has 0 bridgehead atoms. The maximum Gasteiger partial charge on any atom is 0.364 e. The van der Waals surface area contributed by atoms with Gasteiger partial charge in [-0.15, -0.1) is 0 Å². The number of aromatic amines is 1. The normalized spacial score (nSPS) is 14.7. The summed E-state index contributed by atoms with van der Waals surface area (Å²) in [6.45, 7) is 7.44. The summed E-state index contributed by atoms with van der Waals surface area (Å²) in [5, 5.41) is 14.2. The summed E-state index contributed by atoms with van der Waals surface area (Å²) < 4.78 is 1.32. The highest BCUT2D eigenvalue weighted by Gasteiger charge is 2.18. The Kier molecular flexibility index (Phi) is 4.31. The molecule has 6 nitrogen and oxygen atoms in total. The maximum atomic E-state index is 11.5. The van der Waals surface area contributed by atoms with E-state index in [-0.39, 0.29) is 11.6 Å². The van der Waals surface area contributed by atoms with Gasteiger partial charge in [-0.1, -0.05) is 20.8 Å². The number of nitrogens with zero attached hydrogens (tertiary/aromatic N) is 3. The number of hydrogen-bond acceptors (Lipinski definition) is 4. The summed E-state index contributed by atoms with van der Waals surface area (Å²) in [4.78, 5) is 11.5. The lowest BCUT2D eigenvalue weighted by Gasteiger charge is -2.23. The highest BCUT2D eigenvalue weighted by atomic mass is 16.2. The molecule has 0 spiro atoms. The highest BCUT2D eigenvalue weighted by Crippen LogP contribution is 2.19. The van der Waals surface area contributed by atoms with Crippen molar-refractivity contribution in [3.63, 3.8) is 0 Å². The first-order valence-electron chi connectivity index (χ1n) is 6.85. The van der Waals surface area contributed by atoms with Crippen LogP contribution in [0.2, 0.25) is 0 Å². The second-order valence-electron chi connectivity index (χ2n) is 4.81. The molecule has 2 aromatic rings. The fourth-order valence-electron chi connectivity index (χ4n) is 2.27. The zero-order chi connectivity index (χ0) is 13.8. The molecule has 2 atom stereocenters. The van der Waals surface area contributed by atoms with Gasteiger partial charge in [0.05, 0.1) is 5.69 Å². The molecule has 0 aliphatic carbocycles. The minimum Gasteiger partial charge on any atom is -0.313 e. The third-order valence-electron chi connectivity index (χ3n) is 3.46. The Balaban J connectivity index is 2.26. The zero-order valence-corrected chi connectivity index (χ0v) is 11.7. The first-order chi connectivity index (χ1) is 9.17.